The number of nitrogens with zero attached hydrogens (tertiary/aromatic N) is 2. The van der Waals surface area contributed by atoms with Gasteiger partial charge in [-0.1, -0.05) is 11.8 Å². The summed E-state index contributed by atoms with van der Waals surface area (Å²) in [5.74, 6) is -0.162. The van der Waals surface area contributed by atoms with Crippen molar-refractivity contribution in [3.05, 3.63) is 24.3 Å². The third-order valence-corrected chi connectivity index (χ3v) is 3.04. The average Bonchev–Trinajstić information content (AvgIpc) is 2.85. The van der Waals surface area contributed by atoms with E-state index in [1.165, 1.54) is 6.92 Å². The molecule has 0 radical (unpaired) electrons. The molecule has 1 aromatic carbocycles. The van der Waals surface area contributed by atoms with Crippen molar-refractivity contribution in [2.24, 2.45) is 5.73 Å². The Morgan fingerprint density at radius 3 is 2.60 bits per heavy atom. The summed E-state index contributed by atoms with van der Waals surface area (Å²) in [6, 6.07) is 6.97. The van der Waals surface area contributed by atoms with Crippen LogP contribution in [-0.4, -0.2) is 27.8 Å². The van der Waals surface area contributed by atoms with E-state index < -0.39 is 5.91 Å². The molecule has 0 spiro atoms. The number of anilines is 1. The van der Waals surface area contributed by atoms with Gasteiger partial charge in [-0.3, -0.25) is 9.59 Å². The number of amides is 2. The number of thioether (sulfide) groups is 1. The van der Waals surface area contributed by atoms with Crippen molar-refractivity contribution in [3.63, 3.8) is 0 Å². The highest BCUT2D eigenvalue weighted by atomic mass is 32.2. The van der Waals surface area contributed by atoms with E-state index in [4.69, 9.17) is 10.2 Å². The summed E-state index contributed by atoms with van der Waals surface area (Å²) in [5.41, 5.74) is 6.43. The zero-order valence-electron chi connectivity index (χ0n) is 10.6. The third kappa shape index (κ3) is 3.82. The molecule has 0 bridgehead atoms. The van der Waals surface area contributed by atoms with Crippen LogP contribution < -0.4 is 11.1 Å². The Balaban J connectivity index is 2.07. The first kappa shape index (κ1) is 14.1. The number of nitrogens with one attached hydrogen (secondary N) is 1. The van der Waals surface area contributed by atoms with Gasteiger partial charge in [0.1, 0.15) is 0 Å². The number of primary amides is 1. The van der Waals surface area contributed by atoms with Crippen molar-refractivity contribution in [1.82, 2.24) is 10.2 Å². The fourth-order valence-corrected chi connectivity index (χ4v) is 1.92. The Morgan fingerprint density at radius 1 is 1.30 bits per heavy atom. The summed E-state index contributed by atoms with van der Waals surface area (Å²) >= 11 is 1.08. The second kappa shape index (κ2) is 6.20. The van der Waals surface area contributed by atoms with Crippen molar-refractivity contribution < 1.29 is 14.0 Å². The highest BCUT2D eigenvalue weighted by molar-refractivity contribution is 7.99. The fraction of sp³-hybridized carbons (Fsp3) is 0.167. The minimum Gasteiger partial charge on any atom is -0.411 e. The maximum absolute atomic E-state index is 10.9. The predicted octanol–water partition coefficient (Wildman–Crippen LogP) is 1.27. The van der Waals surface area contributed by atoms with E-state index in [1.54, 1.807) is 24.3 Å². The molecule has 1 aromatic heterocycles. The van der Waals surface area contributed by atoms with Crippen LogP contribution in [0.3, 0.4) is 0 Å². The third-order valence-electron chi connectivity index (χ3n) is 2.20. The van der Waals surface area contributed by atoms with Crippen LogP contribution in [0.5, 0.6) is 0 Å². The standard InChI is InChI=1S/C12H12N4O3S/c1-7(17)14-9-4-2-8(3-5-9)11-15-16-12(19-11)20-6-10(13)18/h2-5H,6H2,1H3,(H2,13,18)(H,14,17). The number of hydrogen-bond acceptors (Lipinski definition) is 6. The SMILES string of the molecule is CC(=O)Nc1ccc(-c2nnc(SCC(N)=O)o2)cc1. The molecule has 2 rings (SSSR count). The van der Waals surface area contributed by atoms with Gasteiger partial charge < -0.3 is 15.5 Å². The van der Waals surface area contributed by atoms with E-state index in [2.05, 4.69) is 15.5 Å². The van der Waals surface area contributed by atoms with Gasteiger partial charge in [-0.05, 0) is 24.3 Å². The molecule has 0 aliphatic heterocycles. The fourth-order valence-electron chi connectivity index (χ4n) is 1.42. The van der Waals surface area contributed by atoms with Crippen molar-refractivity contribution in [2.75, 3.05) is 11.1 Å². The largest absolute Gasteiger partial charge is 0.411 e. The normalized spacial score (nSPS) is 10.2. The lowest BCUT2D eigenvalue weighted by molar-refractivity contribution is -0.116. The predicted molar refractivity (Wildman–Crippen MR) is 74.0 cm³/mol. The van der Waals surface area contributed by atoms with Crippen LogP contribution in [0.15, 0.2) is 33.9 Å². The summed E-state index contributed by atoms with van der Waals surface area (Å²) in [7, 11) is 0. The highest BCUT2D eigenvalue weighted by Gasteiger charge is 2.10. The van der Waals surface area contributed by atoms with Gasteiger partial charge >= 0.3 is 0 Å². The summed E-state index contributed by atoms with van der Waals surface area (Å²) < 4.78 is 5.39. The minimum absolute atomic E-state index is 0.0864. The Hall–Kier alpha value is -2.35. The van der Waals surface area contributed by atoms with Crippen LogP contribution in [0.4, 0.5) is 5.69 Å². The second-order valence-corrected chi connectivity index (χ2v) is 4.81. The summed E-state index contributed by atoms with van der Waals surface area (Å²) in [6.07, 6.45) is 0. The number of rotatable bonds is 5. The molecule has 20 heavy (non-hydrogen) atoms. The van der Waals surface area contributed by atoms with Gasteiger partial charge in [0.15, 0.2) is 0 Å². The summed E-state index contributed by atoms with van der Waals surface area (Å²) in [4.78, 5) is 21.6. The Kier molecular flexibility index (Phi) is 4.36. The molecule has 0 fully saturated rings. The molecular formula is C12H12N4O3S. The van der Waals surface area contributed by atoms with Crippen LogP contribution in [0.1, 0.15) is 6.92 Å². The molecule has 8 heteroatoms. The average molecular weight is 292 g/mol. The molecule has 0 saturated carbocycles. The van der Waals surface area contributed by atoms with Crippen LogP contribution in [-0.2, 0) is 9.59 Å². The topological polar surface area (TPSA) is 111 Å². The van der Waals surface area contributed by atoms with Gasteiger partial charge in [0.2, 0.25) is 17.7 Å². The van der Waals surface area contributed by atoms with Crippen molar-refractivity contribution >= 4 is 29.3 Å². The Bertz CT molecular complexity index is 624. The zero-order valence-corrected chi connectivity index (χ0v) is 11.4. The van der Waals surface area contributed by atoms with Gasteiger partial charge in [0, 0.05) is 18.2 Å². The lowest BCUT2D eigenvalue weighted by atomic mass is 10.2. The monoisotopic (exact) mass is 292 g/mol. The number of carbonyl (C=O) groups is 2. The van der Waals surface area contributed by atoms with Crippen molar-refractivity contribution in [3.8, 4) is 11.5 Å². The van der Waals surface area contributed by atoms with Gasteiger partial charge in [-0.25, -0.2) is 0 Å². The lowest BCUT2D eigenvalue weighted by Gasteiger charge is -2.01. The first-order valence-electron chi connectivity index (χ1n) is 5.67. The maximum Gasteiger partial charge on any atom is 0.277 e. The number of hydrogen-bond donors (Lipinski definition) is 2. The molecule has 0 saturated heterocycles. The van der Waals surface area contributed by atoms with Gasteiger partial charge in [-0.2, -0.15) is 0 Å². The first-order chi connectivity index (χ1) is 9.54. The molecule has 0 aliphatic rings. The van der Waals surface area contributed by atoms with Crippen molar-refractivity contribution in [1.29, 1.82) is 0 Å². The number of benzene rings is 1. The number of carbonyl (C=O) groups excluding carboxylic acids is 2. The van der Waals surface area contributed by atoms with Crippen LogP contribution in [0.25, 0.3) is 11.5 Å². The molecule has 0 aliphatic carbocycles. The summed E-state index contributed by atoms with van der Waals surface area (Å²) in [5, 5.41) is 10.6. The zero-order chi connectivity index (χ0) is 14.5. The highest BCUT2D eigenvalue weighted by Crippen LogP contribution is 2.24. The van der Waals surface area contributed by atoms with Gasteiger partial charge in [0.25, 0.3) is 5.22 Å². The molecule has 2 aromatic rings. The van der Waals surface area contributed by atoms with Crippen LogP contribution >= 0.6 is 11.8 Å². The molecule has 2 amide bonds. The van der Waals surface area contributed by atoms with Crippen LogP contribution in [0.2, 0.25) is 0 Å². The van der Waals surface area contributed by atoms with E-state index in [-0.39, 0.29) is 16.9 Å². The molecule has 3 N–H and O–H groups in total. The second-order valence-electron chi connectivity index (χ2n) is 3.89. The van der Waals surface area contributed by atoms with E-state index in [1.807, 2.05) is 0 Å². The van der Waals surface area contributed by atoms with Gasteiger partial charge in [0.05, 0.1) is 5.75 Å². The van der Waals surface area contributed by atoms with Crippen molar-refractivity contribution in [2.45, 2.75) is 12.1 Å². The summed E-state index contributed by atoms with van der Waals surface area (Å²) in [6.45, 7) is 1.44. The number of aromatic nitrogens is 2. The first-order valence-corrected chi connectivity index (χ1v) is 6.66. The Morgan fingerprint density at radius 2 is 2.00 bits per heavy atom. The minimum atomic E-state index is -0.450. The van der Waals surface area contributed by atoms with E-state index in [0.29, 0.717) is 11.6 Å². The molecule has 7 nitrogen and oxygen atoms in total. The molecule has 1 heterocycles. The van der Waals surface area contributed by atoms with E-state index >= 15 is 0 Å². The quantitative estimate of drug-likeness (QED) is 0.803. The Labute approximate surface area is 118 Å². The smallest absolute Gasteiger partial charge is 0.277 e. The molecule has 0 unspecified atom stereocenters. The number of nitrogens with two attached hydrogens (primary N) is 1. The van der Waals surface area contributed by atoms with E-state index in [0.717, 1.165) is 17.3 Å². The lowest BCUT2D eigenvalue weighted by Crippen LogP contribution is -2.12. The molecule has 104 valence electrons. The molecule has 0 atom stereocenters. The van der Waals surface area contributed by atoms with Crippen LogP contribution in [0, 0.1) is 0 Å². The van der Waals surface area contributed by atoms with E-state index in [9.17, 15) is 9.59 Å². The van der Waals surface area contributed by atoms with Gasteiger partial charge in [-0.15, -0.1) is 10.2 Å². The maximum atomic E-state index is 10.9. The molecular weight excluding hydrogens is 280 g/mol.